The molecule has 145 valence electrons. The molecule has 0 aliphatic heterocycles. The molecule has 4 rings (SSSR count). The first-order valence-corrected chi connectivity index (χ1v) is 9.74. The lowest BCUT2D eigenvalue weighted by molar-refractivity contribution is -0.746. The highest BCUT2D eigenvalue weighted by Crippen LogP contribution is 2.28. The summed E-state index contributed by atoms with van der Waals surface area (Å²) in [5.74, 6) is 0.558. The van der Waals surface area contributed by atoms with Crippen molar-refractivity contribution >= 4 is 40.2 Å². The summed E-state index contributed by atoms with van der Waals surface area (Å²) >= 11 is 3.50. The average Bonchev–Trinajstić information content (AvgIpc) is 3.34. The van der Waals surface area contributed by atoms with Gasteiger partial charge in [0.15, 0.2) is 0 Å². The second kappa shape index (κ2) is 8.16. The van der Waals surface area contributed by atoms with Crippen LogP contribution in [-0.4, -0.2) is 40.4 Å². The van der Waals surface area contributed by atoms with E-state index in [0.717, 1.165) is 26.6 Å². The maximum Gasteiger partial charge on any atom is 0.350 e. The maximum atomic E-state index is 11.8. The third-order valence-electron chi connectivity index (χ3n) is 4.40. The predicted molar refractivity (Wildman–Crippen MR) is 110 cm³/mol. The van der Waals surface area contributed by atoms with Gasteiger partial charge in [-0.25, -0.2) is 4.79 Å². The van der Waals surface area contributed by atoms with Gasteiger partial charge in [0.2, 0.25) is 23.4 Å². The Hall–Kier alpha value is -3.01. The molecule has 29 heavy (non-hydrogen) atoms. The third kappa shape index (κ3) is 3.80. The van der Waals surface area contributed by atoms with Gasteiger partial charge in [0.05, 0.1) is 19.1 Å². The Labute approximate surface area is 175 Å². The van der Waals surface area contributed by atoms with Crippen LogP contribution in [0.25, 0.3) is 33.9 Å². The minimum atomic E-state index is -0.338. The molecule has 0 amide bonds. The molecular weight excluding hydrogens is 437 g/mol. The Bertz CT molecular complexity index is 1190. The minimum Gasteiger partial charge on any atom is -0.466 e. The largest absolute Gasteiger partial charge is 0.466 e. The molecule has 0 spiro atoms. The lowest BCUT2D eigenvalue weighted by Crippen LogP contribution is -2.47. The number of fused-ring (bicyclic) bond motifs is 1. The number of halogens is 1. The van der Waals surface area contributed by atoms with Crippen molar-refractivity contribution in [3.63, 3.8) is 0 Å². The van der Waals surface area contributed by atoms with Crippen LogP contribution in [0.5, 0.6) is 0 Å². The summed E-state index contributed by atoms with van der Waals surface area (Å²) in [4.78, 5) is 18.0. The Morgan fingerprint density at radius 2 is 2.14 bits per heavy atom. The maximum absolute atomic E-state index is 11.8. The van der Waals surface area contributed by atoms with Gasteiger partial charge in [-0.2, -0.15) is 4.98 Å². The monoisotopic (exact) mass is 453 g/mol. The van der Waals surface area contributed by atoms with Gasteiger partial charge in [0.25, 0.3) is 5.89 Å². The highest BCUT2D eigenvalue weighted by molar-refractivity contribution is 9.10. The molecule has 2 aromatic carbocycles. The van der Waals surface area contributed by atoms with Crippen molar-refractivity contribution < 1.29 is 18.7 Å². The van der Waals surface area contributed by atoms with Crippen LogP contribution in [0.15, 0.2) is 51.5 Å². The van der Waals surface area contributed by atoms with Crippen molar-refractivity contribution in [2.45, 2.75) is 19.8 Å². The van der Waals surface area contributed by atoms with Crippen molar-refractivity contribution in [2.75, 3.05) is 7.11 Å². The molecule has 0 aliphatic rings. The highest BCUT2D eigenvalue weighted by atomic mass is 79.9. The van der Waals surface area contributed by atoms with Crippen LogP contribution in [-0.2, 0) is 22.5 Å². The Balaban J connectivity index is 1.73. The number of aromatic nitrogens is 5. The van der Waals surface area contributed by atoms with E-state index < -0.39 is 0 Å². The molecule has 8 nitrogen and oxygen atoms in total. The quantitative estimate of drug-likeness (QED) is 0.253. The molecule has 0 saturated heterocycles. The third-order valence-corrected chi connectivity index (χ3v) is 5.09. The molecule has 4 aromatic rings. The second-order valence-corrected chi connectivity index (χ2v) is 7.16. The van der Waals surface area contributed by atoms with E-state index in [1.54, 1.807) is 9.48 Å². The van der Waals surface area contributed by atoms with Gasteiger partial charge >= 0.3 is 5.97 Å². The molecule has 0 atom stereocenters. The van der Waals surface area contributed by atoms with Crippen molar-refractivity contribution in [2.24, 2.45) is 0 Å². The van der Waals surface area contributed by atoms with Crippen molar-refractivity contribution in [3.8, 4) is 22.8 Å². The van der Waals surface area contributed by atoms with Gasteiger partial charge in [-0.1, -0.05) is 28.9 Å². The fourth-order valence-corrected chi connectivity index (χ4v) is 3.46. The number of rotatable bonds is 6. The van der Waals surface area contributed by atoms with Crippen LogP contribution < -0.4 is 4.68 Å². The van der Waals surface area contributed by atoms with Gasteiger partial charge in [-0.05, 0) is 40.2 Å². The first-order valence-electron chi connectivity index (χ1n) is 8.95. The number of hydrogen-bond acceptors (Lipinski definition) is 6. The molecular formula is C19H17BBrN5O3+. The zero-order valence-electron chi connectivity index (χ0n) is 15.9. The summed E-state index contributed by atoms with van der Waals surface area (Å²) < 4.78 is 12.9. The van der Waals surface area contributed by atoms with Gasteiger partial charge in [0, 0.05) is 21.2 Å². The Morgan fingerprint density at radius 1 is 1.31 bits per heavy atom. The smallest absolute Gasteiger partial charge is 0.350 e. The zero-order valence-corrected chi connectivity index (χ0v) is 17.5. The topological polar surface area (TPSA) is 86.9 Å². The standard InChI is InChI=1S/C19H17BBrN5O3/c1-20-11-26-23-15-9-12(7-8-16(15)25(26)10-17(27)28-2)18-22-19(29-24-18)13-5-3-4-6-14(13)21/h3-9H,10-11H2,1-2H3/q+1. The van der Waals surface area contributed by atoms with E-state index in [-0.39, 0.29) is 12.5 Å². The summed E-state index contributed by atoms with van der Waals surface area (Å²) in [7, 11) is 3.33. The fourth-order valence-electron chi connectivity index (χ4n) is 3.00. The van der Waals surface area contributed by atoms with E-state index in [9.17, 15) is 4.79 Å². The van der Waals surface area contributed by atoms with Gasteiger partial charge < -0.3 is 9.26 Å². The molecule has 1 radical (unpaired) electrons. The molecule has 2 aromatic heterocycles. The number of nitrogens with zero attached hydrogens (tertiary/aromatic N) is 5. The number of hydrogen-bond donors (Lipinski definition) is 0. The lowest BCUT2D eigenvalue weighted by atomic mass is 9.83. The number of benzene rings is 2. The van der Waals surface area contributed by atoms with Crippen LogP contribution in [0.3, 0.4) is 0 Å². The van der Waals surface area contributed by atoms with Crippen LogP contribution in [0.4, 0.5) is 0 Å². The average molecular weight is 454 g/mol. The number of carbonyl (C=O) groups excluding carboxylic acids is 1. The van der Waals surface area contributed by atoms with Gasteiger partial charge in [-0.15, -0.1) is 4.68 Å². The Kier molecular flexibility index (Phi) is 5.44. The number of methoxy groups -OCH3 is 1. The summed E-state index contributed by atoms with van der Waals surface area (Å²) in [5.41, 5.74) is 3.14. The predicted octanol–water partition coefficient (Wildman–Crippen LogP) is 2.69. The van der Waals surface area contributed by atoms with Crippen LogP contribution in [0.2, 0.25) is 6.82 Å². The first kappa shape index (κ1) is 19.3. The normalized spacial score (nSPS) is 11.0. The number of esters is 1. The highest BCUT2D eigenvalue weighted by Gasteiger charge is 2.23. The van der Waals surface area contributed by atoms with Crippen LogP contribution in [0, 0.1) is 0 Å². The first-order chi connectivity index (χ1) is 14.1. The molecule has 0 bridgehead atoms. The van der Waals surface area contributed by atoms with Gasteiger partial charge in [-0.3, -0.25) is 0 Å². The van der Waals surface area contributed by atoms with E-state index in [1.165, 1.54) is 7.11 Å². The summed E-state index contributed by atoms with van der Waals surface area (Å²) in [6.45, 7) is 2.01. The molecule has 0 fully saturated rings. The number of carbonyl (C=O) groups is 1. The Morgan fingerprint density at radius 3 is 2.90 bits per heavy atom. The molecule has 0 aliphatic carbocycles. The van der Waals surface area contributed by atoms with E-state index in [4.69, 9.17) is 9.26 Å². The van der Waals surface area contributed by atoms with E-state index in [1.807, 2.05) is 56.6 Å². The molecule has 0 saturated carbocycles. The van der Waals surface area contributed by atoms with E-state index >= 15 is 0 Å². The second-order valence-electron chi connectivity index (χ2n) is 6.30. The van der Waals surface area contributed by atoms with Crippen LogP contribution in [0.1, 0.15) is 0 Å². The van der Waals surface area contributed by atoms with Crippen molar-refractivity contribution in [3.05, 3.63) is 46.9 Å². The van der Waals surface area contributed by atoms with Crippen molar-refractivity contribution in [1.29, 1.82) is 0 Å². The fraction of sp³-hybridized carbons (Fsp3) is 0.211. The molecule has 2 heterocycles. The van der Waals surface area contributed by atoms with Crippen LogP contribution >= 0.6 is 15.9 Å². The SMILES string of the molecule is C[B]Cn1nc2cc(-c3noc(-c4ccccc4Br)n3)ccc2[n+]1CC(=O)OC. The summed E-state index contributed by atoms with van der Waals surface area (Å²) in [5, 5.41) is 8.71. The number of ether oxygens (including phenoxy) is 1. The van der Waals surface area contributed by atoms with E-state index in [0.29, 0.717) is 18.2 Å². The summed E-state index contributed by atoms with van der Waals surface area (Å²) in [6, 6.07) is 13.3. The van der Waals surface area contributed by atoms with Gasteiger partial charge in [0.1, 0.15) is 7.28 Å². The minimum absolute atomic E-state index is 0.0780. The molecule has 0 unspecified atom stereocenters. The summed E-state index contributed by atoms with van der Waals surface area (Å²) in [6.07, 6.45) is 0.565. The van der Waals surface area contributed by atoms with E-state index in [2.05, 4.69) is 31.2 Å². The molecule has 0 N–H and O–H groups in total. The lowest BCUT2D eigenvalue weighted by Gasteiger charge is -2.01. The molecule has 10 heteroatoms. The zero-order chi connectivity index (χ0) is 20.4. The van der Waals surface area contributed by atoms with Crippen molar-refractivity contribution in [1.82, 2.24) is 20.0 Å².